The molecule has 1 saturated carbocycles. The van der Waals surface area contributed by atoms with Gasteiger partial charge in [-0.3, -0.25) is 4.90 Å². The Kier molecular flexibility index (Phi) is 6.17. The Morgan fingerprint density at radius 2 is 1.91 bits per heavy atom. The van der Waals surface area contributed by atoms with E-state index >= 15 is 0 Å². The van der Waals surface area contributed by atoms with E-state index in [-0.39, 0.29) is 0 Å². The van der Waals surface area contributed by atoms with E-state index in [2.05, 4.69) is 23.1 Å². The Bertz CT molecular complexity index is 480. The fourth-order valence-corrected chi connectivity index (χ4v) is 3.48. The monoisotopic (exact) mass is 319 g/mol. The van der Waals surface area contributed by atoms with E-state index in [1.165, 1.54) is 37.7 Å². The number of hydrogen-bond donors (Lipinski definition) is 0. The van der Waals surface area contributed by atoms with Gasteiger partial charge in [-0.1, -0.05) is 6.07 Å². The average Bonchev–Trinajstić information content (AvgIpc) is 3.10. The molecule has 0 amide bonds. The highest BCUT2D eigenvalue weighted by molar-refractivity contribution is 5.43. The lowest BCUT2D eigenvalue weighted by Gasteiger charge is -2.26. The summed E-state index contributed by atoms with van der Waals surface area (Å²) in [5.41, 5.74) is 1.33. The first-order chi connectivity index (χ1) is 11.3. The minimum atomic E-state index is 0.371. The molecule has 0 radical (unpaired) electrons. The van der Waals surface area contributed by atoms with Gasteiger partial charge in [-0.2, -0.15) is 0 Å². The highest BCUT2D eigenvalue weighted by Crippen LogP contribution is 2.32. The average molecular weight is 319 g/mol. The largest absolute Gasteiger partial charge is 0.493 e. The van der Waals surface area contributed by atoms with Gasteiger partial charge < -0.3 is 14.2 Å². The molecule has 0 spiro atoms. The number of benzene rings is 1. The third-order valence-electron chi connectivity index (χ3n) is 4.87. The van der Waals surface area contributed by atoms with Crippen molar-refractivity contribution in [1.82, 2.24) is 4.90 Å². The maximum absolute atomic E-state index is 6.10. The highest BCUT2D eigenvalue weighted by Gasteiger charge is 2.18. The fraction of sp³-hybridized carbons (Fsp3) is 0.684. The smallest absolute Gasteiger partial charge is 0.161 e. The summed E-state index contributed by atoms with van der Waals surface area (Å²) in [5.74, 6) is 1.78. The molecule has 1 heterocycles. The van der Waals surface area contributed by atoms with Crippen molar-refractivity contribution in [2.45, 2.75) is 44.6 Å². The molecule has 2 aliphatic rings. The van der Waals surface area contributed by atoms with E-state index in [1.54, 1.807) is 7.11 Å². The van der Waals surface area contributed by atoms with Crippen LogP contribution in [-0.4, -0.2) is 51.0 Å². The Labute approximate surface area is 139 Å². The molecule has 3 rings (SSSR count). The molecule has 1 aliphatic carbocycles. The Hall–Kier alpha value is -1.26. The van der Waals surface area contributed by atoms with E-state index in [0.29, 0.717) is 6.10 Å². The zero-order valence-corrected chi connectivity index (χ0v) is 14.3. The number of rotatable bonds is 7. The number of ether oxygens (including phenoxy) is 3. The summed E-state index contributed by atoms with van der Waals surface area (Å²) in [6.07, 6.45) is 7.54. The summed E-state index contributed by atoms with van der Waals surface area (Å²) in [6.45, 7) is 5.03. The summed E-state index contributed by atoms with van der Waals surface area (Å²) in [6, 6.07) is 6.41. The minimum absolute atomic E-state index is 0.371. The van der Waals surface area contributed by atoms with E-state index < -0.39 is 0 Å². The number of nitrogens with zero attached hydrogens (tertiary/aromatic N) is 1. The van der Waals surface area contributed by atoms with E-state index in [9.17, 15) is 0 Å². The van der Waals surface area contributed by atoms with Gasteiger partial charge in [0.1, 0.15) is 0 Å². The predicted octanol–water partition coefficient (Wildman–Crippen LogP) is 3.28. The maximum Gasteiger partial charge on any atom is 0.161 e. The minimum Gasteiger partial charge on any atom is -0.493 e. The number of morpholine rings is 1. The Morgan fingerprint density at radius 3 is 2.65 bits per heavy atom. The van der Waals surface area contributed by atoms with Gasteiger partial charge in [0.05, 0.1) is 26.4 Å². The SMILES string of the molecule is COc1cc(CCCN2CCOCC2)ccc1OC1CCCC1. The van der Waals surface area contributed by atoms with E-state index in [4.69, 9.17) is 14.2 Å². The van der Waals surface area contributed by atoms with Crippen molar-refractivity contribution >= 4 is 0 Å². The number of aryl methyl sites for hydroxylation is 1. The molecule has 1 aromatic rings. The summed E-state index contributed by atoms with van der Waals surface area (Å²) < 4.78 is 17.0. The van der Waals surface area contributed by atoms with Crippen LogP contribution in [0.4, 0.5) is 0 Å². The molecule has 1 aliphatic heterocycles. The molecule has 1 aromatic carbocycles. The summed E-state index contributed by atoms with van der Waals surface area (Å²) in [7, 11) is 1.73. The summed E-state index contributed by atoms with van der Waals surface area (Å²) in [5, 5.41) is 0. The Morgan fingerprint density at radius 1 is 1.13 bits per heavy atom. The third-order valence-corrected chi connectivity index (χ3v) is 4.87. The first kappa shape index (κ1) is 16.6. The molecular formula is C19H29NO3. The molecule has 4 heteroatoms. The normalized spacial score (nSPS) is 19.9. The van der Waals surface area contributed by atoms with E-state index in [1.807, 2.05) is 0 Å². The van der Waals surface area contributed by atoms with Crippen LogP contribution in [0.3, 0.4) is 0 Å². The highest BCUT2D eigenvalue weighted by atomic mass is 16.5. The third kappa shape index (κ3) is 4.85. The summed E-state index contributed by atoms with van der Waals surface area (Å²) in [4.78, 5) is 2.48. The molecule has 0 N–H and O–H groups in total. The standard InChI is InChI=1S/C19H29NO3/c1-21-19-15-16(5-4-10-20-11-13-22-14-12-20)8-9-18(19)23-17-6-2-3-7-17/h8-9,15,17H,2-7,10-14H2,1H3. The van der Waals surface area contributed by atoms with Gasteiger partial charge >= 0.3 is 0 Å². The van der Waals surface area contributed by atoms with E-state index in [0.717, 1.165) is 50.8 Å². The van der Waals surface area contributed by atoms with Crippen LogP contribution in [0.2, 0.25) is 0 Å². The zero-order chi connectivity index (χ0) is 15.9. The predicted molar refractivity (Wildman–Crippen MR) is 91.5 cm³/mol. The van der Waals surface area contributed by atoms with Crippen LogP contribution in [0.5, 0.6) is 11.5 Å². The molecule has 0 bridgehead atoms. The van der Waals surface area contributed by atoms with Crippen molar-refractivity contribution in [3.8, 4) is 11.5 Å². The van der Waals surface area contributed by atoms with Gasteiger partial charge in [-0.05, 0) is 62.8 Å². The van der Waals surface area contributed by atoms with Gasteiger partial charge in [0.15, 0.2) is 11.5 Å². The van der Waals surface area contributed by atoms with Crippen molar-refractivity contribution in [1.29, 1.82) is 0 Å². The molecular weight excluding hydrogens is 290 g/mol. The second-order valence-electron chi connectivity index (χ2n) is 6.57. The molecule has 1 saturated heterocycles. The van der Waals surface area contributed by atoms with Crippen molar-refractivity contribution in [3.05, 3.63) is 23.8 Å². The molecule has 2 fully saturated rings. The van der Waals surface area contributed by atoms with Crippen LogP contribution in [0.25, 0.3) is 0 Å². The zero-order valence-electron chi connectivity index (χ0n) is 14.3. The van der Waals surface area contributed by atoms with Crippen molar-refractivity contribution in [2.75, 3.05) is 40.0 Å². The van der Waals surface area contributed by atoms with Crippen LogP contribution in [0.15, 0.2) is 18.2 Å². The number of hydrogen-bond acceptors (Lipinski definition) is 4. The van der Waals surface area contributed by atoms with Gasteiger partial charge in [0, 0.05) is 13.1 Å². The van der Waals surface area contributed by atoms with Gasteiger partial charge in [0.2, 0.25) is 0 Å². The van der Waals surface area contributed by atoms with Crippen LogP contribution < -0.4 is 9.47 Å². The molecule has 128 valence electrons. The van der Waals surface area contributed by atoms with Crippen LogP contribution in [0, 0.1) is 0 Å². The molecule has 23 heavy (non-hydrogen) atoms. The topological polar surface area (TPSA) is 30.9 Å². The second kappa shape index (κ2) is 8.55. The van der Waals surface area contributed by atoms with Crippen molar-refractivity contribution in [2.24, 2.45) is 0 Å². The lowest BCUT2D eigenvalue weighted by atomic mass is 10.1. The van der Waals surface area contributed by atoms with Crippen molar-refractivity contribution < 1.29 is 14.2 Å². The van der Waals surface area contributed by atoms with Crippen LogP contribution in [-0.2, 0) is 11.2 Å². The molecule has 0 aromatic heterocycles. The maximum atomic E-state index is 6.10. The molecule has 0 atom stereocenters. The number of methoxy groups -OCH3 is 1. The fourth-order valence-electron chi connectivity index (χ4n) is 3.48. The van der Waals surface area contributed by atoms with Gasteiger partial charge in [0.25, 0.3) is 0 Å². The van der Waals surface area contributed by atoms with Crippen molar-refractivity contribution in [3.63, 3.8) is 0 Å². The quantitative estimate of drug-likeness (QED) is 0.772. The van der Waals surface area contributed by atoms with Crippen LogP contribution >= 0.6 is 0 Å². The Balaban J connectivity index is 1.51. The van der Waals surface area contributed by atoms with Gasteiger partial charge in [-0.15, -0.1) is 0 Å². The second-order valence-corrected chi connectivity index (χ2v) is 6.57. The van der Waals surface area contributed by atoms with Gasteiger partial charge in [-0.25, -0.2) is 0 Å². The molecule has 4 nitrogen and oxygen atoms in total. The lowest BCUT2D eigenvalue weighted by molar-refractivity contribution is 0.0374. The van der Waals surface area contributed by atoms with Crippen LogP contribution in [0.1, 0.15) is 37.7 Å². The summed E-state index contributed by atoms with van der Waals surface area (Å²) >= 11 is 0. The first-order valence-electron chi connectivity index (χ1n) is 8.99. The first-order valence-corrected chi connectivity index (χ1v) is 8.99. The molecule has 0 unspecified atom stereocenters. The lowest BCUT2D eigenvalue weighted by Crippen LogP contribution is -2.36.